The number of hydrogen-bond acceptors (Lipinski definition) is 4. The summed E-state index contributed by atoms with van der Waals surface area (Å²) in [6.07, 6.45) is 3.06. The molecule has 0 aliphatic rings. The maximum atomic E-state index is 11.7. The molecule has 1 aromatic rings. The van der Waals surface area contributed by atoms with Gasteiger partial charge in [0.15, 0.2) is 0 Å². The van der Waals surface area contributed by atoms with Gasteiger partial charge in [0, 0.05) is 13.2 Å². The quantitative estimate of drug-likeness (QED) is 0.556. The van der Waals surface area contributed by atoms with E-state index in [1.54, 1.807) is 18.3 Å². The van der Waals surface area contributed by atoms with Crippen LogP contribution in [-0.2, 0) is 9.59 Å². The maximum absolute atomic E-state index is 11.7. The van der Waals surface area contributed by atoms with Crippen molar-refractivity contribution >= 4 is 34.7 Å². The highest BCUT2D eigenvalue weighted by Crippen LogP contribution is 2.08. The van der Waals surface area contributed by atoms with Crippen molar-refractivity contribution in [3.05, 3.63) is 24.5 Å². The summed E-state index contributed by atoms with van der Waals surface area (Å²) in [7, 11) is 1.49. The van der Waals surface area contributed by atoms with Gasteiger partial charge < -0.3 is 16.0 Å². The number of thiocarbonyl (C=S) groups is 1. The summed E-state index contributed by atoms with van der Waals surface area (Å²) in [5, 5.41) is 2.32. The van der Waals surface area contributed by atoms with Gasteiger partial charge in [-0.1, -0.05) is 12.2 Å². The highest BCUT2D eigenvalue weighted by molar-refractivity contribution is 7.80. The minimum absolute atomic E-state index is 0.000780. The first-order valence-corrected chi connectivity index (χ1v) is 5.17. The summed E-state index contributed by atoms with van der Waals surface area (Å²) in [5.41, 5.74) is 5.74. The number of anilines is 1. The normalized spacial score (nSPS) is 9.47. The Kier molecular flexibility index (Phi) is 4.53. The van der Waals surface area contributed by atoms with Crippen LogP contribution < -0.4 is 16.0 Å². The highest BCUT2D eigenvalue weighted by Gasteiger charge is 2.19. The molecule has 7 heteroatoms. The molecule has 17 heavy (non-hydrogen) atoms. The monoisotopic (exact) mass is 252 g/mol. The molecular formula is C10H12N4O2S. The molecule has 0 spiro atoms. The van der Waals surface area contributed by atoms with E-state index in [4.69, 9.17) is 5.73 Å². The number of carbonyl (C=O) groups excluding carboxylic acids is 2. The van der Waals surface area contributed by atoms with Gasteiger partial charge in [0.2, 0.25) is 0 Å². The summed E-state index contributed by atoms with van der Waals surface area (Å²) in [6, 6.07) is 3.35. The van der Waals surface area contributed by atoms with Crippen molar-refractivity contribution in [3.8, 4) is 0 Å². The first-order chi connectivity index (χ1) is 8.02. The Bertz CT molecular complexity index is 435. The number of carbonyl (C=O) groups is 2. The first-order valence-electron chi connectivity index (χ1n) is 4.76. The summed E-state index contributed by atoms with van der Waals surface area (Å²) in [4.78, 5) is 28.3. The molecule has 90 valence electrons. The third-order valence-corrected chi connectivity index (χ3v) is 2.10. The molecular weight excluding hydrogens is 240 g/mol. The maximum Gasteiger partial charge on any atom is 0.316 e. The number of hydrogen-bond donors (Lipinski definition) is 2. The minimum Gasteiger partial charge on any atom is -0.392 e. The molecule has 1 aromatic heterocycles. The van der Waals surface area contributed by atoms with E-state index in [1.165, 1.54) is 18.1 Å². The SMILES string of the molecule is CN(C(=O)C(=O)NCC(N)=S)c1cccnc1. The highest BCUT2D eigenvalue weighted by atomic mass is 32.1. The molecule has 1 heterocycles. The molecule has 0 unspecified atom stereocenters. The van der Waals surface area contributed by atoms with E-state index in [0.29, 0.717) is 5.69 Å². The molecule has 0 saturated heterocycles. The summed E-state index contributed by atoms with van der Waals surface area (Å²) in [6.45, 7) is 0.000780. The molecule has 0 aliphatic heterocycles. The molecule has 0 bridgehead atoms. The van der Waals surface area contributed by atoms with E-state index in [2.05, 4.69) is 22.5 Å². The lowest BCUT2D eigenvalue weighted by molar-refractivity contribution is -0.137. The zero-order chi connectivity index (χ0) is 12.8. The van der Waals surface area contributed by atoms with Gasteiger partial charge in [-0.25, -0.2) is 0 Å². The van der Waals surface area contributed by atoms with Crippen molar-refractivity contribution in [2.45, 2.75) is 0 Å². The molecule has 2 amide bonds. The van der Waals surface area contributed by atoms with E-state index in [0.717, 1.165) is 0 Å². The van der Waals surface area contributed by atoms with Crippen LogP contribution in [0, 0.1) is 0 Å². The summed E-state index contributed by atoms with van der Waals surface area (Å²) < 4.78 is 0. The van der Waals surface area contributed by atoms with E-state index < -0.39 is 11.8 Å². The van der Waals surface area contributed by atoms with Gasteiger partial charge in [0.1, 0.15) is 0 Å². The number of rotatable bonds is 3. The van der Waals surface area contributed by atoms with Crippen LogP contribution in [0.4, 0.5) is 5.69 Å². The minimum atomic E-state index is -0.760. The Labute approximate surface area is 104 Å². The molecule has 1 rings (SSSR count). The second-order valence-electron chi connectivity index (χ2n) is 3.22. The van der Waals surface area contributed by atoms with E-state index >= 15 is 0 Å². The van der Waals surface area contributed by atoms with Gasteiger partial charge >= 0.3 is 11.8 Å². The zero-order valence-corrected chi connectivity index (χ0v) is 10.0. The van der Waals surface area contributed by atoms with Crippen LogP contribution in [0.1, 0.15) is 0 Å². The molecule has 0 saturated carbocycles. The predicted octanol–water partition coefficient (Wildman–Crippen LogP) is -0.553. The van der Waals surface area contributed by atoms with Crippen LogP contribution in [0.3, 0.4) is 0 Å². The van der Waals surface area contributed by atoms with E-state index in [9.17, 15) is 9.59 Å². The fourth-order valence-corrected chi connectivity index (χ4v) is 1.14. The Hall–Kier alpha value is -2.02. The molecule has 0 aromatic carbocycles. The molecule has 3 N–H and O–H groups in total. The number of aromatic nitrogens is 1. The van der Waals surface area contributed by atoms with Crippen molar-refractivity contribution in [3.63, 3.8) is 0 Å². The van der Waals surface area contributed by atoms with Gasteiger partial charge in [-0.15, -0.1) is 0 Å². The van der Waals surface area contributed by atoms with Crippen LogP contribution in [0.15, 0.2) is 24.5 Å². The zero-order valence-electron chi connectivity index (χ0n) is 9.21. The number of nitrogens with one attached hydrogen (secondary N) is 1. The van der Waals surface area contributed by atoms with Crippen molar-refractivity contribution in [2.24, 2.45) is 5.73 Å². The smallest absolute Gasteiger partial charge is 0.316 e. The van der Waals surface area contributed by atoms with Gasteiger partial charge in [-0.2, -0.15) is 0 Å². The fraction of sp³-hybridized carbons (Fsp3) is 0.200. The van der Waals surface area contributed by atoms with Crippen LogP contribution in [0.2, 0.25) is 0 Å². The fourth-order valence-electron chi connectivity index (χ4n) is 1.06. The Morgan fingerprint density at radius 1 is 1.59 bits per heavy atom. The largest absolute Gasteiger partial charge is 0.392 e. The third-order valence-electron chi connectivity index (χ3n) is 1.96. The molecule has 0 atom stereocenters. The Balaban J connectivity index is 2.64. The number of pyridine rings is 1. The van der Waals surface area contributed by atoms with Crippen molar-refractivity contribution in [2.75, 3.05) is 18.5 Å². The number of nitrogens with zero attached hydrogens (tertiary/aromatic N) is 2. The van der Waals surface area contributed by atoms with Crippen LogP contribution in [0.25, 0.3) is 0 Å². The first kappa shape index (κ1) is 13.0. The van der Waals surface area contributed by atoms with Gasteiger partial charge in [0.25, 0.3) is 0 Å². The van der Waals surface area contributed by atoms with Crippen molar-refractivity contribution in [1.29, 1.82) is 0 Å². The van der Waals surface area contributed by atoms with Gasteiger partial charge in [0.05, 0.1) is 23.4 Å². The number of nitrogens with two attached hydrogens (primary N) is 1. The Morgan fingerprint density at radius 2 is 2.29 bits per heavy atom. The molecule has 6 nitrogen and oxygen atoms in total. The second kappa shape index (κ2) is 5.90. The van der Waals surface area contributed by atoms with Crippen LogP contribution in [-0.4, -0.2) is 35.4 Å². The third kappa shape index (κ3) is 3.80. The van der Waals surface area contributed by atoms with Gasteiger partial charge in [-0.05, 0) is 12.1 Å². The lowest BCUT2D eigenvalue weighted by atomic mass is 10.3. The van der Waals surface area contributed by atoms with Crippen LogP contribution >= 0.6 is 12.2 Å². The average molecular weight is 252 g/mol. The summed E-state index contributed by atoms with van der Waals surface area (Å²) in [5.74, 6) is -1.46. The van der Waals surface area contributed by atoms with Crippen molar-refractivity contribution < 1.29 is 9.59 Å². The predicted molar refractivity (Wildman–Crippen MR) is 67.4 cm³/mol. The standard InChI is InChI=1S/C10H12N4O2S/c1-14(7-3-2-4-12-5-7)10(16)9(15)13-6-8(11)17/h2-5H,6H2,1H3,(H2,11,17)(H,13,15). The molecule has 0 aliphatic carbocycles. The second-order valence-corrected chi connectivity index (χ2v) is 3.75. The lowest BCUT2D eigenvalue weighted by Gasteiger charge is -2.15. The summed E-state index contributed by atoms with van der Waals surface area (Å²) >= 11 is 4.59. The lowest BCUT2D eigenvalue weighted by Crippen LogP contribution is -2.43. The van der Waals surface area contributed by atoms with Crippen LogP contribution in [0.5, 0.6) is 0 Å². The Morgan fingerprint density at radius 3 is 2.82 bits per heavy atom. The number of likely N-dealkylation sites (N-methyl/N-ethyl adjacent to an activating group) is 1. The topological polar surface area (TPSA) is 88.3 Å². The van der Waals surface area contributed by atoms with E-state index in [1.807, 2.05) is 0 Å². The average Bonchev–Trinajstić information content (AvgIpc) is 2.35. The van der Waals surface area contributed by atoms with Crippen molar-refractivity contribution in [1.82, 2.24) is 10.3 Å². The number of amides is 2. The van der Waals surface area contributed by atoms with Gasteiger partial charge in [-0.3, -0.25) is 14.6 Å². The van der Waals surface area contributed by atoms with E-state index in [-0.39, 0.29) is 11.5 Å². The molecule has 0 fully saturated rings. The molecule has 0 radical (unpaired) electrons.